The molecule has 96 valence electrons. The maximum absolute atomic E-state index is 11.8. The summed E-state index contributed by atoms with van der Waals surface area (Å²) in [4.78, 5) is 0. The predicted molar refractivity (Wildman–Crippen MR) is 66.8 cm³/mol. The van der Waals surface area contributed by atoms with E-state index in [0.717, 1.165) is 0 Å². The fourth-order valence-corrected chi connectivity index (χ4v) is 2.55. The minimum Gasteiger partial charge on any atom is -0.399 e. The number of aromatic nitrogens is 1. The van der Waals surface area contributed by atoms with E-state index in [1.807, 2.05) is 0 Å². The number of anilines is 1. The molecule has 2 rings (SSSR count). The fourth-order valence-electron chi connectivity index (χ4n) is 1.47. The first-order chi connectivity index (χ1) is 8.55. The van der Waals surface area contributed by atoms with Gasteiger partial charge in [0.05, 0.1) is 18.5 Å². The summed E-state index contributed by atoms with van der Waals surface area (Å²) in [6, 6.07) is 8.37. The quantitative estimate of drug-likeness (QED) is 0.783. The number of nitrogens with zero attached hydrogens (tertiary/aromatic N) is 1. The Labute approximate surface area is 105 Å². The molecule has 0 saturated carbocycles. The van der Waals surface area contributed by atoms with Gasteiger partial charge in [-0.25, -0.2) is 13.1 Å². The maximum Gasteiger partial charge on any atom is 0.216 e. The fraction of sp³-hybridized carbons (Fsp3) is 0.182. The molecule has 0 unspecified atom stereocenters. The number of rotatable bonds is 5. The van der Waals surface area contributed by atoms with Crippen molar-refractivity contribution in [3.8, 4) is 0 Å². The lowest BCUT2D eigenvalue weighted by atomic mass is 10.2. The van der Waals surface area contributed by atoms with Crippen LogP contribution in [0.15, 0.2) is 41.1 Å². The molecular formula is C11H13N3O3S. The van der Waals surface area contributed by atoms with Crippen LogP contribution in [0.5, 0.6) is 0 Å². The van der Waals surface area contributed by atoms with Gasteiger partial charge in [-0.05, 0) is 17.7 Å². The first-order valence-corrected chi connectivity index (χ1v) is 6.92. The van der Waals surface area contributed by atoms with Crippen LogP contribution in [0.25, 0.3) is 0 Å². The molecule has 18 heavy (non-hydrogen) atoms. The van der Waals surface area contributed by atoms with Gasteiger partial charge in [0.15, 0.2) is 5.76 Å². The first kappa shape index (κ1) is 12.6. The molecule has 0 saturated heterocycles. The third-order valence-electron chi connectivity index (χ3n) is 2.27. The van der Waals surface area contributed by atoms with Crippen LogP contribution in [-0.4, -0.2) is 13.6 Å². The molecule has 1 aromatic heterocycles. The normalized spacial score (nSPS) is 11.6. The van der Waals surface area contributed by atoms with E-state index in [2.05, 4.69) is 9.88 Å². The van der Waals surface area contributed by atoms with Gasteiger partial charge in [-0.15, -0.1) is 0 Å². The molecule has 0 aliphatic heterocycles. The molecular weight excluding hydrogens is 254 g/mol. The van der Waals surface area contributed by atoms with Crippen molar-refractivity contribution in [2.75, 3.05) is 5.73 Å². The van der Waals surface area contributed by atoms with Gasteiger partial charge in [-0.1, -0.05) is 17.3 Å². The highest BCUT2D eigenvalue weighted by molar-refractivity contribution is 7.88. The molecule has 0 amide bonds. The highest BCUT2D eigenvalue weighted by Gasteiger charge is 2.12. The zero-order valence-electron chi connectivity index (χ0n) is 9.54. The lowest BCUT2D eigenvalue weighted by molar-refractivity contribution is 0.380. The van der Waals surface area contributed by atoms with E-state index in [4.69, 9.17) is 10.3 Å². The summed E-state index contributed by atoms with van der Waals surface area (Å²) in [6.07, 6.45) is 1.46. The molecule has 3 N–H and O–H groups in total. The van der Waals surface area contributed by atoms with Crippen LogP contribution in [0, 0.1) is 0 Å². The standard InChI is InChI=1S/C11H13N3O3S/c12-10-3-1-2-9(6-10)8-18(15,16)14-7-11-4-5-13-17-11/h1-6,14H,7-8,12H2. The second-order valence-corrected chi connectivity index (χ2v) is 5.61. The summed E-state index contributed by atoms with van der Waals surface area (Å²) >= 11 is 0. The third kappa shape index (κ3) is 3.57. The van der Waals surface area contributed by atoms with Crippen molar-refractivity contribution in [1.29, 1.82) is 0 Å². The van der Waals surface area contributed by atoms with Crippen LogP contribution in [0.2, 0.25) is 0 Å². The molecule has 6 nitrogen and oxygen atoms in total. The van der Waals surface area contributed by atoms with Crippen molar-refractivity contribution in [3.05, 3.63) is 47.9 Å². The highest BCUT2D eigenvalue weighted by atomic mass is 32.2. The van der Waals surface area contributed by atoms with Gasteiger partial charge in [-0.3, -0.25) is 0 Å². The Kier molecular flexibility index (Phi) is 3.63. The molecule has 1 aromatic carbocycles. The van der Waals surface area contributed by atoms with Crippen LogP contribution in [0.3, 0.4) is 0 Å². The van der Waals surface area contributed by atoms with Gasteiger partial charge in [0.25, 0.3) is 0 Å². The van der Waals surface area contributed by atoms with Crippen LogP contribution in [-0.2, 0) is 22.3 Å². The highest BCUT2D eigenvalue weighted by Crippen LogP contribution is 2.10. The summed E-state index contributed by atoms with van der Waals surface area (Å²) in [5.74, 6) is 0.345. The third-order valence-corrected chi connectivity index (χ3v) is 3.56. The van der Waals surface area contributed by atoms with Gasteiger partial charge in [0.2, 0.25) is 10.0 Å². The number of benzene rings is 1. The van der Waals surface area contributed by atoms with E-state index in [1.165, 1.54) is 6.20 Å². The van der Waals surface area contributed by atoms with Gasteiger partial charge in [0, 0.05) is 11.8 Å². The van der Waals surface area contributed by atoms with Gasteiger partial charge >= 0.3 is 0 Å². The lowest BCUT2D eigenvalue weighted by Gasteiger charge is -2.05. The van der Waals surface area contributed by atoms with Gasteiger partial charge in [-0.2, -0.15) is 0 Å². The van der Waals surface area contributed by atoms with E-state index in [0.29, 0.717) is 17.0 Å². The van der Waals surface area contributed by atoms with Crippen LogP contribution in [0.1, 0.15) is 11.3 Å². The zero-order chi connectivity index (χ0) is 13.0. The van der Waals surface area contributed by atoms with Crippen molar-refractivity contribution < 1.29 is 12.9 Å². The van der Waals surface area contributed by atoms with Crippen LogP contribution in [0.4, 0.5) is 5.69 Å². The maximum atomic E-state index is 11.8. The Balaban J connectivity index is 1.99. The Morgan fingerprint density at radius 2 is 2.17 bits per heavy atom. The number of nitrogens with one attached hydrogen (secondary N) is 1. The summed E-state index contributed by atoms with van der Waals surface area (Å²) in [5, 5.41) is 3.49. The second-order valence-electron chi connectivity index (χ2n) is 3.80. The summed E-state index contributed by atoms with van der Waals surface area (Å²) < 4.78 is 30.8. The molecule has 0 atom stereocenters. The minimum atomic E-state index is -3.42. The zero-order valence-corrected chi connectivity index (χ0v) is 10.4. The number of nitrogens with two attached hydrogens (primary N) is 1. The van der Waals surface area contributed by atoms with Crippen LogP contribution >= 0.6 is 0 Å². The van der Waals surface area contributed by atoms with E-state index < -0.39 is 10.0 Å². The minimum absolute atomic E-state index is 0.0879. The predicted octanol–water partition coefficient (Wildman–Crippen LogP) is 0.876. The lowest BCUT2D eigenvalue weighted by Crippen LogP contribution is -2.24. The number of hydrogen-bond acceptors (Lipinski definition) is 5. The smallest absolute Gasteiger partial charge is 0.216 e. The van der Waals surface area contributed by atoms with Crippen molar-refractivity contribution in [2.24, 2.45) is 0 Å². The Bertz CT molecular complexity index is 608. The number of nitrogen functional groups attached to an aromatic ring is 1. The number of hydrogen-bond donors (Lipinski definition) is 2. The topological polar surface area (TPSA) is 98.2 Å². The molecule has 0 bridgehead atoms. The van der Waals surface area contributed by atoms with E-state index >= 15 is 0 Å². The van der Waals surface area contributed by atoms with Crippen molar-refractivity contribution >= 4 is 15.7 Å². The van der Waals surface area contributed by atoms with E-state index in [1.54, 1.807) is 30.3 Å². The summed E-state index contributed by atoms with van der Waals surface area (Å²) in [5.41, 5.74) is 6.77. The molecule has 0 radical (unpaired) electrons. The van der Waals surface area contributed by atoms with Gasteiger partial charge < -0.3 is 10.3 Å². The molecule has 0 aliphatic carbocycles. The Morgan fingerprint density at radius 1 is 1.33 bits per heavy atom. The molecule has 0 aliphatic rings. The first-order valence-electron chi connectivity index (χ1n) is 5.26. The van der Waals surface area contributed by atoms with Crippen molar-refractivity contribution in [3.63, 3.8) is 0 Å². The van der Waals surface area contributed by atoms with Crippen molar-refractivity contribution in [2.45, 2.75) is 12.3 Å². The van der Waals surface area contributed by atoms with E-state index in [9.17, 15) is 8.42 Å². The molecule has 0 spiro atoms. The Morgan fingerprint density at radius 3 is 2.83 bits per heavy atom. The number of sulfonamides is 1. The summed E-state index contributed by atoms with van der Waals surface area (Å²) in [6.45, 7) is 0.0879. The largest absolute Gasteiger partial charge is 0.399 e. The monoisotopic (exact) mass is 267 g/mol. The van der Waals surface area contributed by atoms with Crippen LogP contribution < -0.4 is 10.5 Å². The van der Waals surface area contributed by atoms with E-state index in [-0.39, 0.29) is 12.3 Å². The van der Waals surface area contributed by atoms with Gasteiger partial charge in [0.1, 0.15) is 0 Å². The molecule has 7 heteroatoms. The average molecular weight is 267 g/mol. The molecule has 1 heterocycles. The average Bonchev–Trinajstić information content (AvgIpc) is 2.78. The SMILES string of the molecule is Nc1cccc(CS(=O)(=O)NCc2ccno2)c1. The Hall–Kier alpha value is -1.86. The molecule has 2 aromatic rings. The summed E-state index contributed by atoms with van der Waals surface area (Å²) in [7, 11) is -3.42. The molecule has 0 fully saturated rings. The second kappa shape index (κ2) is 5.19. The van der Waals surface area contributed by atoms with Crippen molar-refractivity contribution in [1.82, 2.24) is 9.88 Å².